The molecule has 0 amide bonds. The summed E-state index contributed by atoms with van der Waals surface area (Å²) in [5, 5.41) is 7.78. The summed E-state index contributed by atoms with van der Waals surface area (Å²) in [6, 6.07) is 5.59. The Morgan fingerprint density at radius 2 is 2.26 bits per heavy atom. The van der Waals surface area contributed by atoms with Crippen LogP contribution in [0.25, 0.3) is 0 Å². The molecule has 0 radical (unpaired) electrons. The van der Waals surface area contributed by atoms with Gasteiger partial charge in [-0.25, -0.2) is 14.1 Å². The zero-order valence-electron chi connectivity index (χ0n) is 10.3. The van der Waals surface area contributed by atoms with E-state index in [2.05, 4.69) is 15.4 Å². The van der Waals surface area contributed by atoms with Crippen molar-refractivity contribution in [1.29, 1.82) is 0 Å². The van der Waals surface area contributed by atoms with E-state index in [4.69, 9.17) is 11.6 Å². The summed E-state index contributed by atoms with van der Waals surface area (Å²) in [5.41, 5.74) is 0.513. The predicted octanol–water partition coefficient (Wildman–Crippen LogP) is 2.37. The minimum Gasteiger partial charge on any atom is -0.307 e. The molecule has 3 rings (SSSR count). The Morgan fingerprint density at radius 3 is 3.05 bits per heavy atom. The molecule has 1 fully saturated rings. The van der Waals surface area contributed by atoms with Crippen molar-refractivity contribution in [2.75, 3.05) is 0 Å². The molecule has 6 heteroatoms. The van der Waals surface area contributed by atoms with Crippen molar-refractivity contribution < 1.29 is 4.39 Å². The zero-order chi connectivity index (χ0) is 13.2. The lowest BCUT2D eigenvalue weighted by atomic mass is 10.2. The second-order valence-corrected chi connectivity index (χ2v) is 5.13. The number of rotatable bonds is 5. The smallest absolute Gasteiger partial charge is 0.164 e. The molecule has 1 N–H and O–H groups in total. The first-order valence-corrected chi connectivity index (χ1v) is 6.65. The van der Waals surface area contributed by atoms with Crippen molar-refractivity contribution in [3.63, 3.8) is 0 Å². The van der Waals surface area contributed by atoms with Gasteiger partial charge < -0.3 is 5.32 Å². The van der Waals surface area contributed by atoms with Crippen molar-refractivity contribution >= 4 is 11.6 Å². The standard InChI is InChI=1S/C13H14ClFN4/c14-11-3-1-2-9(13(11)15)7-19-8-17-12(18-19)6-16-10-4-5-10/h1-3,8,10,16H,4-7H2. The summed E-state index contributed by atoms with van der Waals surface area (Å²) in [6.07, 6.45) is 4.08. The molecule has 0 saturated heterocycles. The third kappa shape index (κ3) is 3.11. The quantitative estimate of drug-likeness (QED) is 0.914. The van der Waals surface area contributed by atoms with Crippen LogP contribution in [0, 0.1) is 5.82 Å². The van der Waals surface area contributed by atoms with Crippen LogP contribution in [0.2, 0.25) is 5.02 Å². The monoisotopic (exact) mass is 280 g/mol. The molecule has 2 aromatic rings. The van der Waals surface area contributed by atoms with Crippen LogP contribution in [-0.2, 0) is 13.1 Å². The molecule has 0 spiro atoms. The molecule has 0 bridgehead atoms. The molecule has 1 aromatic heterocycles. The predicted molar refractivity (Wildman–Crippen MR) is 70.4 cm³/mol. The minimum atomic E-state index is -0.391. The first-order valence-electron chi connectivity index (χ1n) is 6.27. The Balaban J connectivity index is 1.67. The average molecular weight is 281 g/mol. The van der Waals surface area contributed by atoms with Crippen LogP contribution >= 0.6 is 11.6 Å². The van der Waals surface area contributed by atoms with Crippen molar-refractivity contribution in [1.82, 2.24) is 20.1 Å². The summed E-state index contributed by atoms with van der Waals surface area (Å²) >= 11 is 5.75. The molecule has 0 unspecified atom stereocenters. The van der Waals surface area contributed by atoms with Gasteiger partial charge >= 0.3 is 0 Å². The van der Waals surface area contributed by atoms with Gasteiger partial charge in [0.2, 0.25) is 0 Å². The highest BCUT2D eigenvalue weighted by Gasteiger charge is 2.20. The van der Waals surface area contributed by atoms with Gasteiger partial charge in [-0.15, -0.1) is 0 Å². The van der Waals surface area contributed by atoms with Gasteiger partial charge in [-0.05, 0) is 18.9 Å². The van der Waals surface area contributed by atoms with Gasteiger partial charge in [0.15, 0.2) is 5.82 Å². The van der Waals surface area contributed by atoms with Crippen LogP contribution in [0.1, 0.15) is 24.2 Å². The number of benzene rings is 1. The maximum Gasteiger partial charge on any atom is 0.164 e. The summed E-state index contributed by atoms with van der Waals surface area (Å²) in [5.74, 6) is 0.339. The second kappa shape index (κ2) is 5.27. The van der Waals surface area contributed by atoms with Crippen LogP contribution in [0.5, 0.6) is 0 Å². The molecule has 1 aromatic carbocycles. The van der Waals surface area contributed by atoms with E-state index in [9.17, 15) is 4.39 Å². The first-order chi connectivity index (χ1) is 9.22. The van der Waals surface area contributed by atoms with E-state index in [1.807, 2.05) is 0 Å². The lowest BCUT2D eigenvalue weighted by Gasteiger charge is -2.04. The number of halogens is 2. The van der Waals surface area contributed by atoms with E-state index in [0.717, 1.165) is 5.82 Å². The fourth-order valence-electron chi connectivity index (χ4n) is 1.86. The molecule has 0 aliphatic heterocycles. The van der Waals surface area contributed by atoms with Gasteiger partial charge in [0, 0.05) is 11.6 Å². The number of hydrogen-bond acceptors (Lipinski definition) is 3. The third-order valence-corrected chi connectivity index (χ3v) is 3.37. The highest BCUT2D eigenvalue weighted by molar-refractivity contribution is 6.30. The lowest BCUT2D eigenvalue weighted by Crippen LogP contribution is -2.16. The first kappa shape index (κ1) is 12.6. The minimum absolute atomic E-state index is 0.133. The normalized spacial score (nSPS) is 14.8. The van der Waals surface area contributed by atoms with Crippen LogP contribution in [-0.4, -0.2) is 20.8 Å². The van der Waals surface area contributed by atoms with Gasteiger partial charge in [0.1, 0.15) is 12.1 Å². The van der Waals surface area contributed by atoms with Crippen molar-refractivity contribution in [2.45, 2.75) is 32.0 Å². The topological polar surface area (TPSA) is 42.7 Å². The van der Waals surface area contributed by atoms with Gasteiger partial charge in [0.05, 0.1) is 18.1 Å². The molecule has 4 nitrogen and oxygen atoms in total. The van der Waals surface area contributed by atoms with E-state index in [1.54, 1.807) is 23.1 Å². The molecule has 1 aliphatic rings. The number of hydrogen-bond donors (Lipinski definition) is 1. The zero-order valence-corrected chi connectivity index (χ0v) is 11.1. The fraction of sp³-hybridized carbons (Fsp3) is 0.385. The average Bonchev–Trinajstić information content (AvgIpc) is 3.13. The van der Waals surface area contributed by atoms with Gasteiger partial charge in [0.25, 0.3) is 0 Å². The molecular formula is C13H14ClFN4. The Labute approximate surface area is 115 Å². The Kier molecular flexibility index (Phi) is 3.48. The number of aromatic nitrogens is 3. The largest absolute Gasteiger partial charge is 0.307 e. The second-order valence-electron chi connectivity index (χ2n) is 4.73. The maximum atomic E-state index is 13.8. The van der Waals surface area contributed by atoms with Gasteiger partial charge in [-0.3, -0.25) is 0 Å². The Bertz CT molecular complexity index is 580. The van der Waals surface area contributed by atoms with Gasteiger partial charge in [-0.1, -0.05) is 23.7 Å². The molecular weight excluding hydrogens is 267 g/mol. The molecule has 1 saturated carbocycles. The Morgan fingerprint density at radius 1 is 1.42 bits per heavy atom. The summed E-state index contributed by atoms with van der Waals surface area (Å²) in [4.78, 5) is 4.20. The van der Waals surface area contributed by atoms with E-state index in [1.165, 1.54) is 18.9 Å². The highest BCUT2D eigenvalue weighted by atomic mass is 35.5. The Hall–Kier alpha value is -1.46. The maximum absolute atomic E-state index is 13.8. The molecule has 100 valence electrons. The van der Waals surface area contributed by atoms with E-state index in [-0.39, 0.29) is 5.02 Å². The number of nitrogens with zero attached hydrogens (tertiary/aromatic N) is 3. The SMILES string of the molecule is Fc1c(Cl)cccc1Cn1cnc(CNC2CC2)n1. The van der Waals surface area contributed by atoms with E-state index >= 15 is 0 Å². The molecule has 0 atom stereocenters. The summed E-state index contributed by atoms with van der Waals surface area (Å²) in [7, 11) is 0. The molecule has 1 aliphatic carbocycles. The van der Waals surface area contributed by atoms with Crippen molar-refractivity contribution in [3.8, 4) is 0 Å². The highest BCUT2D eigenvalue weighted by Crippen LogP contribution is 2.19. The van der Waals surface area contributed by atoms with E-state index < -0.39 is 5.82 Å². The van der Waals surface area contributed by atoms with Crippen LogP contribution in [0.3, 0.4) is 0 Å². The van der Waals surface area contributed by atoms with Crippen LogP contribution < -0.4 is 5.32 Å². The molecule has 19 heavy (non-hydrogen) atoms. The van der Waals surface area contributed by atoms with E-state index in [0.29, 0.717) is 24.7 Å². The van der Waals surface area contributed by atoms with Crippen molar-refractivity contribution in [3.05, 3.63) is 46.8 Å². The summed E-state index contributed by atoms with van der Waals surface area (Å²) < 4.78 is 15.4. The number of nitrogens with one attached hydrogen (secondary N) is 1. The van der Waals surface area contributed by atoms with Gasteiger partial charge in [-0.2, -0.15) is 5.10 Å². The van der Waals surface area contributed by atoms with Crippen molar-refractivity contribution in [2.24, 2.45) is 0 Å². The van der Waals surface area contributed by atoms with Crippen LogP contribution in [0.4, 0.5) is 4.39 Å². The summed E-state index contributed by atoms with van der Waals surface area (Å²) in [6.45, 7) is 0.999. The third-order valence-electron chi connectivity index (χ3n) is 3.07. The fourth-order valence-corrected chi connectivity index (χ4v) is 2.05. The van der Waals surface area contributed by atoms with Crippen LogP contribution in [0.15, 0.2) is 24.5 Å². The lowest BCUT2D eigenvalue weighted by molar-refractivity contribution is 0.578. The molecule has 1 heterocycles.